The minimum Gasteiger partial charge on any atom is -0.396 e. The van der Waals surface area contributed by atoms with Crippen LogP contribution in [0.5, 0.6) is 0 Å². The lowest BCUT2D eigenvalue weighted by Gasteiger charge is -2.14. The molecule has 1 heteroatoms. The lowest BCUT2D eigenvalue weighted by Crippen LogP contribution is -2.00. The molecule has 76 valence electrons. The van der Waals surface area contributed by atoms with E-state index in [-0.39, 0.29) is 6.61 Å². The van der Waals surface area contributed by atoms with Crippen LogP contribution in [0.3, 0.4) is 0 Å². The second kappa shape index (κ2) is 4.61. The number of aliphatic hydroxyl groups is 1. The quantitative estimate of drug-likeness (QED) is 0.777. The van der Waals surface area contributed by atoms with E-state index in [0.29, 0.717) is 0 Å². The maximum atomic E-state index is 8.99. The minimum absolute atomic E-state index is 0.268. The number of hydrogen-bond donors (Lipinski definition) is 1. The molecule has 1 N–H and O–H groups in total. The topological polar surface area (TPSA) is 20.2 Å². The number of rotatable bonds is 3. The molecule has 14 heavy (non-hydrogen) atoms. The van der Waals surface area contributed by atoms with Gasteiger partial charge in [0.05, 0.1) is 0 Å². The van der Waals surface area contributed by atoms with E-state index >= 15 is 0 Å². The van der Waals surface area contributed by atoms with Gasteiger partial charge in [0.15, 0.2) is 0 Å². The second-order valence-electron chi connectivity index (χ2n) is 4.15. The molecule has 0 unspecified atom stereocenters. The Balaban J connectivity index is 2.21. The first-order valence-corrected chi connectivity index (χ1v) is 5.60. The highest BCUT2D eigenvalue weighted by molar-refractivity contribution is 5.31. The maximum absolute atomic E-state index is 8.99. The van der Waals surface area contributed by atoms with Crippen molar-refractivity contribution in [3.63, 3.8) is 0 Å². The molecule has 1 aliphatic rings. The first-order chi connectivity index (χ1) is 6.92. The van der Waals surface area contributed by atoms with Crippen LogP contribution in [-0.2, 0) is 6.42 Å². The number of hydrogen-bond acceptors (Lipinski definition) is 1. The highest BCUT2D eigenvalue weighted by atomic mass is 16.2. The highest BCUT2D eigenvalue weighted by Gasteiger charge is 2.18. The Kier molecular flexibility index (Phi) is 3.20. The van der Waals surface area contributed by atoms with Crippen molar-refractivity contribution >= 4 is 0 Å². The van der Waals surface area contributed by atoms with E-state index < -0.39 is 0 Å². The Morgan fingerprint density at radius 3 is 2.57 bits per heavy atom. The van der Waals surface area contributed by atoms with Gasteiger partial charge >= 0.3 is 0 Å². The third-order valence-corrected chi connectivity index (χ3v) is 3.23. The average molecular weight is 190 g/mol. The van der Waals surface area contributed by atoms with E-state index in [1.54, 1.807) is 0 Å². The predicted molar refractivity (Wildman–Crippen MR) is 58.4 cm³/mol. The van der Waals surface area contributed by atoms with Crippen molar-refractivity contribution in [2.75, 3.05) is 6.61 Å². The van der Waals surface area contributed by atoms with Gasteiger partial charge in [0.1, 0.15) is 0 Å². The molecule has 0 amide bonds. The Labute approximate surface area is 85.8 Å². The van der Waals surface area contributed by atoms with Gasteiger partial charge < -0.3 is 5.11 Å². The molecule has 0 heterocycles. The van der Waals surface area contributed by atoms with E-state index in [0.717, 1.165) is 12.3 Å². The second-order valence-corrected chi connectivity index (χ2v) is 4.15. The summed E-state index contributed by atoms with van der Waals surface area (Å²) in [6.07, 6.45) is 6.23. The molecule has 0 aromatic heterocycles. The zero-order valence-electron chi connectivity index (χ0n) is 8.58. The van der Waals surface area contributed by atoms with Crippen LogP contribution in [0.4, 0.5) is 0 Å². The lowest BCUT2D eigenvalue weighted by atomic mass is 9.92. The van der Waals surface area contributed by atoms with Crippen molar-refractivity contribution in [1.29, 1.82) is 0 Å². The van der Waals surface area contributed by atoms with Gasteiger partial charge in [0, 0.05) is 6.61 Å². The molecule has 1 aliphatic carbocycles. The Morgan fingerprint density at radius 1 is 1.14 bits per heavy atom. The molecule has 1 aromatic carbocycles. The summed E-state index contributed by atoms with van der Waals surface area (Å²) in [6.45, 7) is 0.268. The molecule has 0 aliphatic heterocycles. The van der Waals surface area contributed by atoms with Gasteiger partial charge in [-0.25, -0.2) is 0 Å². The standard InChI is InChI=1S/C13H18O/c14-10-9-12-7-3-4-8-13(12)11-5-1-2-6-11/h3-4,7-8,11,14H,1-2,5-6,9-10H2. The van der Waals surface area contributed by atoms with Gasteiger partial charge in [0.2, 0.25) is 0 Å². The van der Waals surface area contributed by atoms with E-state index in [2.05, 4.69) is 24.3 Å². The maximum Gasteiger partial charge on any atom is 0.0471 e. The first kappa shape index (κ1) is 9.72. The van der Waals surface area contributed by atoms with Crippen molar-refractivity contribution < 1.29 is 5.11 Å². The zero-order chi connectivity index (χ0) is 9.80. The number of benzene rings is 1. The molecule has 1 saturated carbocycles. The fourth-order valence-electron chi connectivity index (χ4n) is 2.52. The lowest BCUT2D eigenvalue weighted by molar-refractivity contribution is 0.299. The zero-order valence-corrected chi connectivity index (χ0v) is 8.58. The van der Waals surface area contributed by atoms with Crippen molar-refractivity contribution in [3.8, 4) is 0 Å². The Hall–Kier alpha value is -0.820. The highest BCUT2D eigenvalue weighted by Crippen LogP contribution is 2.35. The van der Waals surface area contributed by atoms with Crippen LogP contribution in [0.15, 0.2) is 24.3 Å². The van der Waals surface area contributed by atoms with E-state index in [4.69, 9.17) is 5.11 Å². The van der Waals surface area contributed by atoms with Crippen molar-refractivity contribution in [1.82, 2.24) is 0 Å². The van der Waals surface area contributed by atoms with Gasteiger partial charge in [0.25, 0.3) is 0 Å². The van der Waals surface area contributed by atoms with Gasteiger partial charge in [-0.3, -0.25) is 0 Å². The molecule has 2 rings (SSSR count). The van der Waals surface area contributed by atoms with Crippen LogP contribution in [0, 0.1) is 0 Å². The molecule has 0 spiro atoms. The van der Waals surface area contributed by atoms with Crippen LogP contribution in [0.1, 0.15) is 42.7 Å². The van der Waals surface area contributed by atoms with Gasteiger partial charge in [-0.1, -0.05) is 37.1 Å². The largest absolute Gasteiger partial charge is 0.396 e. The minimum atomic E-state index is 0.268. The summed E-state index contributed by atoms with van der Waals surface area (Å²) in [5, 5.41) is 8.99. The van der Waals surface area contributed by atoms with E-state index in [1.165, 1.54) is 36.8 Å². The summed E-state index contributed by atoms with van der Waals surface area (Å²) in [7, 11) is 0. The molecule has 1 fully saturated rings. The normalized spacial score (nSPS) is 17.5. The van der Waals surface area contributed by atoms with Crippen molar-refractivity contribution in [2.24, 2.45) is 0 Å². The summed E-state index contributed by atoms with van der Waals surface area (Å²) < 4.78 is 0. The van der Waals surface area contributed by atoms with Gasteiger partial charge in [-0.15, -0.1) is 0 Å². The molecule has 1 aromatic rings. The van der Waals surface area contributed by atoms with Crippen molar-refractivity contribution in [2.45, 2.75) is 38.0 Å². The van der Waals surface area contributed by atoms with Crippen LogP contribution in [0.25, 0.3) is 0 Å². The van der Waals surface area contributed by atoms with Crippen LogP contribution < -0.4 is 0 Å². The molecule has 0 bridgehead atoms. The molecular formula is C13H18O. The van der Waals surface area contributed by atoms with Gasteiger partial charge in [-0.05, 0) is 36.3 Å². The van der Waals surface area contributed by atoms with E-state index in [9.17, 15) is 0 Å². The molecule has 1 nitrogen and oxygen atoms in total. The summed E-state index contributed by atoms with van der Waals surface area (Å²) in [5.41, 5.74) is 2.83. The fourth-order valence-corrected chi connectivity index (χ4v) is 2.52. The summed E-state index contributed by atoms with van der Waals surface area (Å²) in [5.74, 6) is 0.762. The molecule has 0 atom stereocenters. The predicted octanol–water partition coefficient (Wildman–Crippen LogP) is 2.88. The first-order valence-electron chi connectivity index (χ1n) is 5.60. The van der Waals surface area contributed by atoms with Crippen LogP contribution in [-0.4, -0.2) is 11.7 Å². The SMILES string of the molecule is OCCc1ccccc1C1CCCC1. The van der Waals surface area contributed by atoms with E-state index in [1.807, 2.05) is 0 Å². The van der Waals surface area contributed by atoms with Crippen LogP contribution in [0.2, 0.25) is 0 Å². The monoisotopic (exact) mass is 190 g/mol. The Bertz CT molecular complexity index is 287. The fraction of sp³-hybridized carbons (Fsp3) is 0.538. The summed E-state index contributed by atoms with van der Waals surface area (Å²) in [4.78, 5) is 0. The van der Waals surface area contributed by atoms with Gasteiger partial charge in [-0.2, -0.15) is 0 Å². The molecular weight excluding hydrogens is 172 g/mol. The number of aliphatic hydroxyl groups excluding tert-OH is 1. The Morgan fingerprint density at radius 2 is 1.86 bits per heavy atom. The summed E-state index contributed by atoms with van der Waals surface area (Å²) in [6, 6.07) is 8.59. The average Bonchev–Trinajstić information content (AvgIpc) is 2.72. The van der Waals surface area contributed by atoms with Crippen LogP contribution >= 0.6 is 0 Å². The molecule has 0 saturated heterocycles. The third-order valence-electron chi connectivity index (χ3n) is 3.23. The van der Waals surface area contributed by atoms with Crippen molar-refractivity contribution in [3.05, 3.63) is 35.4 Å². The smallest absolute Gasteiger partial charge is 0.0471 e. The molecule has 0 radical (unpaired) electrons. The third kappa shape index (κ3) is 1.98. The summed E-state index contributed by atoms with van der Waals surface area (Å²) >= 11 is 0.